The standard InChI is InChI=1S/C70H136O17P2/c1-9-62(7)48-40-32-24-19-21-26-35-43-51-68(73)80-56-65(86-69(74)52-44-36-27-17-15-13-11-12-14-16-22-30-38-46-60(3)4)58-84-88(76,77)82-54-64(71)55-83-89(78,79)85-59-66(87-70(75)53-45-37-29-28-33-41-49-63(8)10-2)57-81-67(72)50-42-34-25-20-18-23-31-39-47-61(5)6/h60-66,71H,9-59H2,1-8H3,(H,76,77)(H,78,79)/t62?,63?,64?,65-,66-/m1/s1. The molecule has 5 unspecified atom stereocenters. The van der Waals surface area contributed by atoms with Crippen molar-refractivity contribution < 1.29 is 80.2 Å². The van der Waals surface area contributed by atoms with Crippen LogP contribution in [0.4, 0.5) is 0 Å². The lowest BCUT2D eigenvalue weighted by Crippen LogP contribution is -2.30. The molecular formula is C70H136O17P2. The van der Waals surface area contributed by atoms with Crippen molar-refractivity contribution in [3.05, 3.63) is 0 Å². The number of phosphoric acid groups is 2. The number of hydrogen-bond acceptors (Lipinski definition) is 15. The van der Waals surface area contributed by atoms with Gasteiger partial charge in [0.2, 0.25) is 0 Å². The van der Waals surface area contributed by atoms with Crippen LogP contribution in [-0.2, 0) is 65.4 Å². The van der Waals surface area contributed by atoms with Crippen molar-refractivity contribution in [2.45, 2.75) is 363 Å². The van der Waals surface area contributed by atoms with Crippen molar-refractivity contribution in [3.8, 4) is 0 Å². The summed E-state index contributed by atoms with van der Waals surface area (Å²) in [5, 5.41) is 10.6. The number of aliphatic hydroxyl groups excluding tert-OH is 1. The molecule has 17 nitrogen and oxygen atoms in total. The third-order valence-corrected chi connectivity index (χ3v) is 18.7. The molecule has 89 heavy (non-hydrogen) atoms. The van der Waals surface area contributed by atoms with Crippen LogP contribution in [0.15, 0.2) is 0 Å². The molecular weight excluding hydrogens is 1170 g/mol. The lowest BCUT2D eigenvalue weighted by molar-refractivity contribution is -0.161. The molecule has 0 fully saturated rings. The summed E-state index contributed by atoms with van der Waals surface area (Å²) in [6, 6.07) is 0. The molecule has 0 spiro atoms. The number of aliphatic hydroxyl groups is 1. The number of esters is 4. The van der Waals surface area contributed by atoms with Crippen molar-refractivity contribution in [3.63, 3.8) is 0 Å². The first-order valence-electron chi connectivity index (χ1n) is 36.3. The highest BCUT2D eigenvalue weighted by molar-refractivity contribution is 7.47. The lowest BCUT2D eigenvalue weighted by Gasteiger charge is -2.21. The Morgan fingerprint density at radius 2 is 0.539 bits per heavy atom. The van der Waals surface area contributed by atoms with Crippen LogP contribution in [0, 0.1) is 23.7 Å². The van der Waals surface area contributed by atoms with Crippen LogP contribution in [0.2, 0.25) is 0 Å². The predicted molar refractivity (Wildman–Crippen MR) is 358 cm³/mol. The molecule has 3 N–H and O–H groups in total. The Balaban J connectivity index is 5.26. The molecule has 0 aliphatic carbocycles. The van der Waals surface area contributed by atoms with Gasteiger partial charge in [-0.2, -0.15) is 0 Å². The lowest BCUT2D eigenvalue weighted by atomic mass is 9.99. The van der Waals surface area contributed by atoms with Crippen molar-refractivity contribution in [1.29, 1.82) is 0 Å². The number of phosphoric ester groups is 2. The molecule has 0 saturated carbocycles. The summed E-state index contributed by atoms with van der Waals surface area (Å²) < 4.78 is 68.3. The van der Waals surface area contributed by atoms with Gasteiger partial charge < -0.3 is 33.8 Å². The quantitative estimate of drug-likeness (QED) is 0.0222. The van der Waals surface area contributed by atoms with E-state index in [9.17, 15) is 43.2 Å². The summed E-state index contributed by atoms with van der Waals surface area (Å²) in [4.78, 5) is 72.5. The highest BCUT2D eigenvalue weighted by atomic mass is 31.2. The summed E-state index contributed by atoms with van der Waals surface area (Å²) in [7, 11) is -9.90. The third kappa shape index (κ3) is 62.0. The van der Waals surface area contributed by atoms with Crippen molar-refractivity contribution >= 4 is 39.5 Å². The first-order chi connectivity index (χ1) is 42.7. The molecule has 0 amide bonds. The fraction of sp³-hybridized carbons (Fsp3) is 0.943. The molecule has 0 aromatic rings. The SMILES string of the molecule is CCC(C)CCCCCCCCCCC(=O)OC[C@H](COP(=O)(O)OCC(O)COP(=O)(O)OC[C@@H](COC(=O)CCCCCCCCCCC(C)C)OC(=O)CCCCCCCCC(C)CC)OC(=O)CCCCCCCCCCCCCCCC(C)C. The van der Waals surface area contributed by atoms with Gasteiger partial charge in [-0.3, -0.25) is 37.3 Å². The molecule has 19 heteroatoms. The van der Waals surface area contributed by atoms with E-state index in [2.05, 4.69) is 55.4 Å². The zero-order chi connectivity index (χ0) is 66.1. The van der Waals surface area contributed by atoms with E-state index in [0.717, 1.165) is 114 Å². The zero-order valence-electron chi connectivity index (χ0n) is 58.1. The molecule has 0 aliphatic rings. The Labute approximate surface area is 543 Å². The Morgan fingerprint density at radius 1 is 0.315 bits per heavy atom. The zero-order valence-corrected chi connectivity index (χ0v) is 59.8. The average Bonchev–Trinajstić information content (AvgIpc) is 3.71. The summed E-state index contributed by atoms with van der Waals surface area (Å²) in [5.74, 6) is 0.878. The van der Waals surface area contributed by atoms with Crippen LogP contribution in [0.1, 0.15) is 344 Å². The highest BCUT2D eigenvalue weighted by Gasteiger charge is 2.30. The van der Waals surface area contributed by atoms with Crippen LogP contribution in [0.25, 0.3) is 0 Å². The van der Waals surface area contributed by atoms with E-state index >= 15 is 0 Å². The van der Waals surface area contributed by atoms with Gasteiger partial charge in [0.15, 0.2) is 12.2 Å². The minimum atomic E-state index is -4.95. The minimum Gasteiger partial charge on any atom is -0.462 e. The summed E-state index contributed by atoms with van der Waals surface area (Å²) in [5.41, 5.74) is 0. The minimum absolute atomic E-state index is 0.102. The molecule has 0 aromatic heterocycles. The Kier molecular flexibility index (Phi) is 58.5. The average molecular weight is 1310 g/mol. The van der Waals surface area contributed by atoms with Crippen LogP contribution in [-0.4, -0.2) is 96.7 Å². The molecule has 0 heterocycles. The molecule has 528 valence electrons. The fourth-order valence-corrected chi connectivity index (χ4v) is 12.0. The number of rotatable bonds is 67. The van der Waals surface area contributed by atoms with Crippen molar-refractivity contribution in [1.82, 2.24) is 0 Å². The van der Waals surface area contributed by atoms with E-state index in [1.807, 2.05) is 0 Å². The van der Waals surface area contributed by atoms with E-state index in [-0.39, 0.29) is 25.7 Å². The second kappa shape index (κ2) is 59.8. The molecule has 7 atom stereocenters. The maximum Gasteiger partial charge on any atom is 0.472 e. The molecule has 0 aliphatic heterocycles. The number of unbranched alkanes of at least 4 members (excludes halogenated alkanes) is 31. The topological polar surface area (TPSA) is 237 Å². The Hall–Kier alpha value is -1.94. The third-order valence-electron chi connectivity index (χ3n) is 16.8. The summed E-state index contributed by atoms with van der Waals surface area (Å²) in [6.07, 6.45) is 41.7. The predicted octanol–water partition coefficient (Wildman–Crippen LogP) is 19.7. The fourth-order valence-electron chi connectivity index (χ4n) is 10.4. The van der Waals surface area contributed by atoms with Gasteiger partial charge in [-0.15, -0.1) is 0 Å². The van der Waals surface area contributed by atoms with Gasteiger partial charge in [0.25, 0.3) is 0 Å². The van der Waals surface area contributed by atoms with Gasteiger partial charge in [-0.25, -0.2) is 9.13 Å². The van der Waals surface area contributed by atoms with Gasteiger partial charge in [0, 0.05) is 25.7 Å². The maximum absolute atomic E-state index is 13.0. The first-order valence-corrected chi connectivity index (χ1v) is 39.3. The largest absolute Gasteiger partial charge is 0.472 e. The van der Waals surface area contributed by atoms with Gasteiger partial charge in [-0.1, -0.05) is 293 Å². The molecule has 0 saturated heterocycles. The Bertz CT molecular complexity index is 1770. The van der Waals surface area contributed by atoms with Crippen LogP contribution in [0.5, 0.6) is 0 Å². The molecule has 0 rings (SSSR count). The molecule has 0 aromatic carbocycles. The van der Waals surface area contributed by atoms with Crippen LogP contribution >= 0.6 is 15.6 Å². The maximum atomic E-state index is 13.0. The van der Waals surface area contributed by atoms with Gasteiger partial charge in [-0.05, 0) is 49.4 Å². The van der Waals surface area contributed by atoms with E-state index in [1.165, 1.54) is 148 Å². The van der Waals surface area contributed by atoms with Crippen molar-refractivity contribution in [2.75, 3.05) is 39.6 Å². The second-order valence-electron chi connectivity index (χ2n) is 26.7. The van der Waals surface area contributed by atoms with E-state index in [0.29, 0.717) is 25.7 Å². The second-order valence-corrected chi connectivity index (χ2v) is 29.6. The first kappa shape index (κ1) is 87.1. The normalized spacial score (nSPS) is 14.9. The van der Waals surface area contributed by atoms with Gasteiger partial charge in [0.05, 0.1) is 26.4 Å². The number of carbonyl (C=O) groups excluding carboxylic acids is 4. The van der Waals surface area contributed by atoms with Gasteiger partial charge in [0.1, 0.15) is 19.3 Å². The van der Waals surface area contributed by atoms with E-state index in [1.54, 1.807) is 0 Å². The number of carbonyl (C=O) groups is 4. The highest BCUT2D eigenvalue weighted by Crippen LogP contribution is 2.45. The summed E-state index contributed by atoms with van der Waals surface area (Å²) in [6.45, 7) is 14.1. The Morgan fingerprint density at radius 3 is 0.798 bits per heavy atom. The number of hydrogen-bond donors (Lipinski definition) is 3. The summed E-state index contributed by atoms with van der Waals surface area (Å²) >= 11 is 0. The number of ether oxygens (including phenoxy) is 4. The van der Waals surface area contributed by atoms with E-state index in [4.69, 9.17) is 37.0 Å². The molecule has 0 radical (unpaired) electrons. The van der Waals surface area contributed by atoms with E-state index < -0.39 is 97.5 Å². The van der Waals surface area contributed by atoms with Crippen molar-refractivity contribution in [2.24, 2.45) is 23.7 Å². The van der Waals surface area contributed by atoms with Crippen LogP contribution in [0.3, 0.4) is 0 Å². The smallest absolute Gasteiger partial charge is 0.462 e. The monoisotopic (exact) mass is 1310 g/mol. The molecule has 0 bridgehead atoms. The van der Waals surface area contributed by atoms with Gasteiger partial charge >= 0.3 is 39.5 Å². The van der Waals surface area contributed by atoms with Crippen LogP contribution < -0.4 is 0 Å².